The first-order chi connectivity index (χ1) is 10.6. The van der Waals surface area contributed by atoms with Gasteiger partial charge in [0.25, 0.3) is 8.32 Å². The van der Waals surface area contributed by atoms with E-state index in [9.17, 15) is 4.79 Å². The van der Waals surface area contributed by atoms with E-state index < -0.39 is 8.32 Å². The van der Waals surface area contributed by atoms with Gasteiger partial charge in [0.15, 0.2) is 0 Å². The Morgan fingerprint density at radius 2 is 1.61 bits per heavy atom. The molecule has 0 radical (unpaired) electrons. The summed E-state index contributed by atoms with van der Waals surface area (Å²) >= 11 is 3.48. The zero-order valence-electron chi connectivity index (χ0n) is 15.3. The van der Waals surface area contributed by atoms with E-state index in [-0.39, 0.29) is 12.4 Å². The second-order valence-electron chi connectivity index (χ2n) is 6.92. The van der Waals surface area contributed by atoms with E-state index in [2.05, 4.69) is 57.5 Å². The first-order valence-electron chi connectivity index (χ1n) is 8.19. The maximum Gasteiger partial charge on any atom is 0.310 e. The normalized spacial score (nSPS) is 12.1. The standard InChI is InChI=1S/C18H29BrO3Si/c1-12(2)23(13(3)4,14(5)6)22-17-9-8-16(19)10-15(17)11-18(20)21-7/h8-10,12-14H,11H2,1-7H3. The highest BCUT2D eigenvalue weighted by Crippen LogP contribution is 2.43. The van der Waals surface area contributed by atoms with E-state index in [0.29, 0.717) is 16.6 Å². The second-order valence-corrected chi connectivity index (χ2v) is 13.2. The molecular formula is C18H29BrO3Si. The Hall–Kier alpha value is -0.813. The summed E-state index contributed by atoms with van der Waals surface area (Å²) in [5.74, 6) is 0.570. The van der Waals surface area contributed by atoms with Crippen molar-refractivity contribution in [2.24, 2.45) is 0 Å². The molecule has 23 heavy (non-hydrogen) atoms. The number of halogens is 1. The highest BCUT2D eigenvalue weighted by atomic mass is 79.9. The molecule has 0 amide bonds. The minimum atomic E-state index is -2.05. The second kappa shape index (κ2) is 8.33. The number of carbonyl (C=O) groups is 1. The molecule has 130 valence electrons. The topological polar surface area (TPSA) is 35.5 Å². The Morgan fingerprint density at radius 3 is 2.04 bits per heavy atom. The maximum absolute atomic E-state index is 11.7. The van der Waals surface area contributed by atoms with Crippen molar-refractivity contribution in [2.75, 3.05) is 7.11 Å². The monoisotopic (exact) mass is 400 g/mol. The van der Waals surface area contributed by atoms with Crippen LogP contribution in [0.25, 0.3) is 0 Å². The Kier molecular flexibility index (Phi) is 7.33. The molecular weight excluding hydrogens is 372 g/mol. The van der Waals surface area contributed by atoms with E-state index in [1.807, 2.05) is 18.2 Å². The number of hydrogen-bond donors (Lipinski definition) is 0. The fourth-order valence-electron chi connectivity index (χ4n) is 3.56. The first-order valence-corrected chi connectivity index (χ1v) is 11.1. The van der Waals surface area contributed by atoms with Crippen molar-refractivity contribution in [3.05, 3.63) is 28.2 Å². The maximum atomic E-state index is 11.7. The van der Waals surface area contributed by atoms with Crippen LogP contribution in [-0.2, 0) is 16.0 Å². The average Bonchev–Trinajstić information content (AvgIpc) is 2.45. The van der Waals surface area contributed by atoms with Crippen molar-refractivity contribution in [3.8, 4) is 5.75 Å². The number of methoxy groups -OCH3 is 1. The van der Waals surface area contributed by atoms with Gasteiger partial charge >= 0.3 is 5.97 Å². The van der Waals surface area contributed by atoms with Crippen molar-refractivity contribution in [3.63, 3.8) is 0 Å². The van der Waals surface area contributed by atoms with Crippen LogP contribution in [0.1, 0.15) is 47.1 Å². The number of benzene rings is 1. The molecule has 3 nitrogen and oxygen atoms in total. The lowest BCUT2D eigenvalue weighted by atomic mass is 10.1. The summed E-state index contributed by atoms with van der Waals surface area (Å²) in [5.41, 5.74) is 2.33. The van der Waals surface area contributed by atoms with Gasteiger partial charge in [-0.3, -0.25) is 4.79 Å². The highest BCUT2D eigenvalue weighted by molar-refractivity contribution is 9.10. The van der Waals surface area contributed by atoms with Crippen molar-refractivity contribution in [1.82, 2.24) is 0 Å². The third-order valence-electron chi connectivity index (χ3n) is 4.58. The fraction of sp³-hybridized carbons (Fsp3) is 0.611. The minimum Gasteiger partial charge on any atom is -0.542 e. The van der Waals surface area contributed by atoms with Crippen LogP contribution >= 0.6 is 15.9 Å². The van der Waals surface area contributed by atoms with Gasteiger partial charge in [-0.2, -0.15) is 0 Å². The third-order valence-corrected chi connectivity index (χ3v) is 11.1. The molecule has 0 spiro atoms. The molecule has 0 bridgehead atoms. The van der Waals surface area contributed by atoms with Crippen LogP contribution in [0.3, 0.4) is 0 Å². The summed E-state index contributed by atoms with van der Waals surface area (Å²) < 4.78 is 12.5. The van der Waals surface area contributed by atoms with Gasteiger partial charge in [-0.15, -0.1) is 0 Å². The quantitative estimate of drug-likeness (QED) is 0.433. The summed E-state index contributed by atoms with van der Waals surface area (Å²) in [5, 5.41) is 0. The van der Waals surface area contributed by atoms with Gasteiger partial charge in [0.05, 0.1) is 13.5 Å². The van der Waals surface area contributed by atoms with E-state index in [1.54, 1.807) is 0 Å². The predicted molar refractivity (Wildman–Crippen MR) is 102 cm³/mol. The molecule has 0 atom stereocenters. The molecule has 1 aromatic carbocycles. The SMILES string of the molecule is COC(=O)Cc1cc(Br)ccc1O[Si](C(C)C)(C(C)C)C(C)C. The molecule has 0 aromatic heterocycles. The summed E-state index contributed by atoms with van der Waals surface area (Å²) in [6.07, 6.45) is 0.226. The molecule has 0 N–H and O–H groups in total. The minimum absolute atomic E-state index is 0.226. The molecule has 0 saturated carbocycles. The summed E-state index contributed by atoms with van der Waals surface area (Å²) in [6.45, 7) is 13.5. The number of hydrogen-bond acceptors (Lipinski definition) is 3. The molecule has 1 aromatic rings. The average molecular weight is 401 g/mol. The Labute approximate surface area is 150 Å². The van der Waals surface area contributed by atoms with E-state index in [1.165, 1.54) is 7.11 Å². The van der Waals surface area contributed by atoms with Crippen LogP contribution < -0.4 is 4.43 Å². The van der Waals surface area contributed by atoms with Crippen LogP contribution in [0.5, 0.6) is 5.75 Å². The summed E-state index contributed by atoms with van der Waals surface area (Å²) in [7, 11) is -0.633. The summed E-state index contributed by atoms with van der Waals surface area (Å²) in [6, 6.07) is 5.89. The fourth-order valence-corrected chi connectivity index (χ4v) is 9.25. The molecule has 5 heteroatoms. The molecule has 0 saturated heterocycles. The van der Waals surface area contributed by atoms with E-state index in [4.69, 9.17) is 9.16 Å². The van der Waals surface area contributed by atoms with Gasteiger partial charge in [0, 0.05) is 10.0 Å². The molecule has 0 aliphatic rings. The van der Waals surface area contributed by atoms with Gasteiger partial charge in [-0.1, -0.05) is 57.5 Å². The number of ether oxygens (including phenoxy) is 1. The Morgan fingerprint density at radius 1 is 1.09 bits per heavy atom. The van der Waals surface area contributed by atoms with Crippen LogP contribution in [0, 0.1) is 0 Å². The van der Waals surface area contributed by atoms with Crippen LogP contribution in [0.2, 0.25) is 16.6 Å². The van der Waals surface area contributed by atoms with Crippen LogP contribution in [0.4, 0.5) is 0 Å². The zero-order valence-corrected chi connectivity index (χ0v) is 17.9. The molecule has 0 unspecified atom stereocenters. The van der Waals surface area contributed by atoms with E-state index in [0.717, 1.165) is 15.8 Å². The number of esters is 1. The van der Waals surface area contributed by atoms with Gasteiger partial charge in [0.2, 0.25) is 0 Å². The molecule has 0 heterocycles. The molecule has 0 aliphatic carbocycles. The number of carbonyl (C=O) groups excluding carboxylic acids is 1. The van der Waals surface area contributed by atoms with Crippen LogP contribution in [-0.4, -0.2) is 21.4 Å². The van der Waals surface area contributed by atoms with Gasteiger partial charge < -0.3 is 9.16 Å². The van der Waals surface area contributed by atoms with Crippen molar-refractivity contribution in [2.45, 2.75) is 64.6 Å². The third kappa shape index (κ3) is 4.60. The highest BCUT2D eigenvalue weighted by Gasteiger charge is 2.47. The molecule has 1 rings (SSSR count). The summed E-state index contributed by atoms with van der Waals surface area (Å²) in [4.78, 5) is 11.7. The van der Waals surface area contributed by atoms with E-state index >= 15 is 0 Å². The van der Waals surface area contributed by atoms with Crippen molar-refractivity contribution < 1.29 is 14.0 Å². The zero-order chi connectivity index (χ0) is 17.8. The van der Waals surface area contributed by atoms with Crippen LogP contribution in [0.15, 0.2) is 22.7 Å². The van der Waals surface area contributed by atoms with Gasteiger partial charge in [-0.05, 0) is 34.8 Å². The lowest BCUT2D eigenvalue weighted by Gasteiger charge is -2.42. The predicted octanol–water partition coefficient (Wildman–Crippen LogP) is 5.72. The first kappa shape index (κ1) is 20.2. The van der Waals surface area contributed by atoms with Crippen molar-refractivity contribution >= 4 is 30.2 Å². The van der Waals surface area contributed by atoms with Crippen molar-refractivity contribution in [1.29, 1.82) is 0 Å². The van der Waals surface area contributed by atoms with Gasteiger partial charge in [-0.25, -0.2) is 0 Å². The Bertz CT molecular complexity index is 519. The van der Waals surface area contributed by atoms with Gasteiger partial charge in [0.1, 0.15) is 5.75 Å². The number of rotatable bonds is 7. The molecule has 0 aliphatic heterocycles. The Balaban J connectivity index is 3.31. The smallest absolute Gasteiger partial charge is 0.310 e. The lowest BCUT2D eigenvalue weighted by Crippen LogP contribution is -2.50. The molecule has 0 fully saturated rings. The lowest BCUT2D eigenvalue weighted by molar-refractivity contribution is -0.139. The largest absolute Gasteiger partial charge is 0.542 e.